The molecule has 1 nitrogen and oxygen atoms in total. The van der Waals surface area contributed by atoms with Crippen LogP contribution in [0.15, 0.2) is 0 Å². The first-order valence-electron chi connectivity index (χ1n) is 3.96. The zero-order valence-corrected chi connectivity index (χ0v) is 7.29. The van der Waals surface area contributed by atoms with Crippen molar-refractivity contribution >= 4 is 12.0 Å². The quantitative estimate of drug-likeness (QED) is 0.324. The molecule has 0 N–H and O–H groups in total. The highest BCUT2D eigenvalue weighted by atomic mass is 32.2. The van der Waals surface area contributed by atoms with E-state index in [1.54, 1.807) is 0 Å². The van der Waals surface area contributed by atoms with E-state index in [1.807, 2.05) is 0 Å². The van der Waals surface area contributed by atoms with Gasteiger partial charge in [-0.05, 0) is 25.0 Å². The van der Waals surface area contributed by atoms with Gasteiger partial charge >= 0.3 is 0 Å². The van der Waals surface area contributed by atoms with Gasteiger partial charge in [0.05, 0.1) is 13.3 Å². The molecule has 0 unspecified atom stereocenters. The molecule has 0 fully saturated rings. The van der Waals surface area contributed by atoms with Crippen molar-refractivity contribution in [2.24, 2.45) is 0 Å². The Kier molecular flexibility index (Phi) is 9.35. The molecule has 0 aliphatic rings. The lowest BCUT2D eigenvalue weighted by molar-refractivity contribution is 0.605. The Morgan fingerprint density at radius 3 is 2.20 bits per heavy atom. The van der Waals surface area contributed by atoms with Crippen LogP contribution < -0.4 is 0 Å². The Labute approximate surface area is 68.4 Å². The Morgan fingerprint density at radius 1 is 1.00 bits per heavy atom. The molecule has 0 heterocycles. The molecule has 0 rings (SSSR count). The van der Waals surface area contributed by atoms with Gasteiger partial charge in [0.15, 0.2) is 0 Å². The van der Waals surface area contributed by atoms with Crippen LogP contribution in [0.3, 0.4) is 0 Å². The Hall–Kier alpha value is 0.180. The van der Waals surface area contributed by atoms with E-state index < -0.39 is 0 Å². The topological polar surface area (TPSA) is 23.1 Å². The third-order valence-electron chi connectivity index (χ3n) is 1.48. The van der Waals surface area contributed by atoms with Crippen LogP contribution in [0.5, 0.6) is 0 Å². The van der Waals surface area contributed by atoms with Crippen LogP contribution in [0.25, 0.3) is 0 Å². The van der Waals surface area contributed by atoms with Gasteiger partial charge in [0.2, 0.25) is 0 Å². The smallest absolute Gasteiger partial charge is 0.0850 e. The Balaban J connectivity index is 2.65. The van der Waals surface area contributed by atoms with Crippen molar-refractivity contribution in [3.63, 3.8) is 0 Å². The third kappa shape index (κ3) is 8.18. The first kappa shape index (κ1) is 10.2. The maximum atomic E-state index is 9.93. The lowest BCUT2D eigenvalue weighted by Gasteiger charge is -2.02. The standard InChI is InChI=1S/C8H16OS/c1-2-3-4-5-6-7-8-10-9/h1-8H2. The predicted octanol–water partition coefficient (Wildman–Crippen LogP) is 3.02. The molecule has 0 radical (unpaired) electrons. The van der Waals surface area contributed by atoms with Gasteiger partial charge in [-0.3, -0.25) is 12.0 Å². The maximum Gasteiger partial charge on any atom is 0.0850 e. The summed E-state index contributed by atoms with van der Waals surface area (Å²) in [4.78, 5) is 0. The van der Waals surface area contributed by atoms with Crippen LogP contribution in [-0.4, -0.2) is 10.3 Å². The molecule has 0 saturated heterocycles. The van der Waals surface area contributed by atoms with Crippen molar-refractivity contribution in [2.75, 3.05) is 5.75 Å². The summed E-state index contributed by atoms with van der Waals surface area (Å²) < 4.78 is 9.93. The van der Waals surface area contributed by atoms with E-state index in [-0.39, 0.29) is 0 Å². The van der Waals surface area contributed by atoms with E-state index in [0.717, 1.165) is 18.6 Å². The van der Waals surface area contributed by atoms with E-state index >= 15 is 0 Å². The molecular formula is C8H16OS. The van der Waals surface area contributed by atoms with Gasteiger partial charge in [-0.1, -0.05) is 12.8 Å². The molecule has 10 heavy (non-hydrogen) atoms. The summed E-state index contributed by atoms with van der Waals surface area (Å²) in [6.07, 6.45) is 7.16. The first-order chi connectivity index (χ1) is 4.91. The highest BCUT2D eigenvalue weighted by molar-refractivity contribution is 7.93. The fourth-order valence-corrected chi connectivity index (χ4v) is 1.19. The van der Waals surface area contributed by atoms with Crippen LogP contribution in [0.4, 0.5) is 0 Å². The van der Waals surface area contributed by atoms with Gasteiger partial charge in [0.1, 0.15) is 0 Å². The minimum atomic E-state index is 0.703. The molecule has 0 aromatic heterocycles. The van der Waals surface area contributed by atoms with E-state index in [9.17, 15) is 4.55 Å². The second kappa shape index (κ2) is 9.18. The summed E-state index contributed by atoms with van der Waals surface area (Å²) in [6, 6.07) is 0. The molecule has 0 spiro atoms. The summed E-state index contributed by atoms with van der Waals surface area (Å²) in [7, 11) is 0. The molecule has 0 aromatic rings. The van der Waals surface area contributed by atoms with Crippen LogP contribution in [0, 0.1) is 6.92 Å². The van der Waals surface area contributed by atoms with Crippen LogP contribution in [0.2, 0.25) is 0 Å². The lowest BCUT2D eigenvalue weighted by Crippen LogP contribution is -1.80. The summed E-state index contributed by atoms with van der Waals surface area (Å²) >= 11 is 0.703. The molecule has 0 saturated carbocycles. The van der Waals surface area contributed by atoms with Crippen LogP contribution in [0.1, 0.15) is 38.5 Å². The van der Waals surface area contributed by atoms with Crippen LogP contribution >= 0.6 is 12.0 Å². The van der Waals surface area contributed by atoms with Crippen molar-refractivity contribution < 1.29 is 4.55 Å². The number of hydrogen-bond donors (Lipinski definition) is 0. The third-order valence-corrected chi connectivity index (χ3v) is 1.93. The molecule has 60 valence electrons. The fraction of sp³-hybridized carbons (Fsp3) is 0.875. The van der Waals surface area contributed by atoms with Crippen molar-refractivity contribution in [3.8, 4) is 0 Å². The van der Waals surface area contributed by atoms with Gasteiger partial charge in [0.25, 0.3) is 0 Å². The fourth-order valence-electron chi connectivity index (χ4n) is 0.868. The SMILES string of the molecule is [CH2+]CCCCCCCS[O-]. The molecule has 2 heteroatoms. The average molecular weight is 160 g/mol. The molecule has 0 bridgehead atoms. The highest BCUT2D eigenvalue weighted by Crippen LogP contribution is 2.06. The Bertz CT molecular complexity index is 49.2. The normalized spacial score (nSPS) is 10.1. The second-order valence-electron chi connectivity index (χ2n) is 2.44. The molecule has 0 aliphatic carbocycles. The zero-order chi connectivity index (χ0) is 7.66. The van der Waals surface area contributed by atoms with E-state index in [0.29, 0.717) is 12.0 Å². The molecule has 0 amide bonds. The van der Waals surface area contributed by atoms with Crippen LogP contribution in [-0.2, 0) is 0 Å². The first-order valence-corrected chi connectivity index (χ1v) is 4.87. The molecule has 0 aromatic carbocycles. The zero-order valence-electron chi connectivity index (χ0n) is 6.47. The second-order valence-corrected chi connectivity index (χ2v) is 3.09. The number of hydrogen-bond acceptors (Lipinski definition) is 2. The molecule has 0 atom stereocenters. The van der Waals surface area contributed by atoms with E-state index in [2.05, 4.69) is 6.92 Å². The van der Waals surface area contributed by atoms with Crippen molar-refractivity contribution in [1.82, 2.24) is 0 Å². The van der Waals surface area contributed by atoms with Crippen molar-refractivity contribution in [1.29, 1.82) is 0 Å². The van der Waals surface area contributed by atoms with Crippen molar-refractivity contribution in [3.05, 3.63) is 6.92 Å². The molecular weight excluding hydrogens is 144 g/mol. The van der Waals surface area contributed by atoms with Gasteiger partial charge in [-0.15, -0.1) is 0 Å². The largest absolute Gasteiger partial charge is 0.799 e. The van der Waals surface area contributed by atoms with E-state index in [1.165, 1.54) is 25.7 Å². The lowest BCUT2D eigenvalue weighted by atomic mass is 10.1. The number of rotatable bonds is 7. The Morgan fingerprint density at radius 2 is 1.60 bits per heavy atom. The van der Waals surface area contributed by atoms with Crippen molar-refractivity contribution in [2.45, 2.75) is 38.5 Å². The summed E-state index contributed by atoms with van der Waals surface area (Å²) in [5.41, 5.74) is 0. The monoisotopic (exact) mass is 160 g/mol. The summed E-state index contributed by atoms with van der Waals surface area (Å²) in [6.45, 7) is 3.77. The summed E-state index contributed by atoms with van der Waals surface area (Å²) in [5.74, 6) is 0.782. The van der Waals surface area contributed by atoms with E-state index in [4.69, 9.17) is 0 Å². The number of unbranched alkanes of at least 4 members (excludes halogenated alkanes) is 5. The minimum Gasteiger partial charge on any atom is -0.799 e. The molecule has 0 aliphatic heterocycles. The highest BCUT2D eigenvalue weighted by Gasteiger charge is 1.88. The van der Waals surface area contributed by atoms with Gasteiger partial charge in [0, 0.05) is 0 Å². The average Bonchev–Trinajstić information content (AvgIpc) is 1.97. The van der Waals surface area contributed by atoms with Gasteiger partial charge in [-0.25, -0.2) is 0 Å². The minimum absolute atomic E-state index is 0.703. The maximum absolute atomic E-state index is 9.93. The summed E-state index contributed by atoms with van der Waals surface area (Å²) in [5, 5.41) is 0. The van der Waals surface area contributed by atoms with Gasteiger partial charge < -0.3 is 4.55 Å². The van der Waals surface area contributed by atoms with Gasteiger partial charge in [-0.2, -0.15) is 0 Å². The predicted molar refractivity (Wildman–Crippen MR) is 46.3 cm³/mol.